The number of anilines is 1. The predicted octanol–water partition coefficient (Wildman–Crippen LogP) is 4.53. The van der Waals surface area contributed by atoms with Gasteiger partial charge in [-0.2, -0.15) is 0 Å². The number of aryl methyl sites for hydroxylation is 2. The van der Waals surface area contributed by atoms with Gasteiger partial charge in [0.05, 0.1) is 23.1 Å². The topological polar surface area (TPSA) is 84.1 Å². The largest absolute Gasteiger partial charge is 0.495 e. The molecule has 0 atom stereocenters. The third kappa shape index (κ3) is 3.52. The minimum absolute atomic E-state index is 0.254. The minimum Gasteiger partial charge on any atom is -0.495 e. The summed E-state index contributed by atoms with van der Waals surface area (Å²) in [6.07, 6.45) is 0. The Morgan fingerprint density at radius 2 is 1.83 bits per heavy atom. The highest BCUT2D eigenvalue weighted by Gasteiger charge is 2.20. The highest BCUT2D eigenvalue weighted by Crippen LogP contribution is 2.30. The van der Waals surface area contributed by atoms with Crippen molar-refractivity contribution in [3.63, 3.8) is 0 Å². The Hall–Kier alpha value is -3.45. The van der Waals surface area contributed by atoms with Crippen molar-refractivity contribution in [1.82, 2.24) is 9.97 Å². The number of rotatable bonds is 4. The Kier molecular flexibility index (Phi) is 4.90. The summed E-state index contributed by atoms with van der Waals surface area (Å²) in [4.78, 5) is 34.0. The number of methoxy groups -OCH3 is 1. The van der Waals surface area contributed by atoms with E-state index in [2.05, 4.69) is 15.3 Å². The molecule has 0 spiro atoms. The van der Waals surface area contributed by atoms with E-state index in [4.69, 9.17) is 4.74 Å². The summed E-state index contributed by atoms with van der Waals surface area (Å²) in [5, 5.41) is 3.30. The number of fused-ring (bicyclic) bond motifs is 1. The average molecular weight is 405 g/mol. The molecule has 0 saturated heterocycles. The molecular formula is C22H19N3O3S. The van der Waals surface area contributed by atoms with E-state index in [0.717, 1.165) is 11.1 Å². The second-order valence-electron chi connectivity index (χ2n) is 6.67. The maximum atomic E-state index is 12.9. The number of carbonyl (C=O) groups is 1. The quantitative estimate of drug-likeness (QED) is 0.522. The second kappa shape index (κ2) is 7.52. The van der Waals surface area contributed by atoms with E-state index in [0.29, 0.717) is 37.9 Å². The number of nitrogens with one attached hydrogen (secondary N) is 2. The fourth-order valence-corrected chi connectivity index (χ4v) is 4.21. The Balaban J connectivity index is 1.75. The van der Waals surface area contributed by atoms with Gasteiger partial charge in [-0.25, -0.2) is 4.98 Å². The van der Waals surface area contributed by atoms with Crippen LogP contribution in [0.5, 0.6) is 5.75 Å². The van der Waals surface area contributed by atoms with Crippen molar-refractivity contribution in [1.29, 1.82) is 0 Å². The summed E-state index contributed by atoms with van der Waals surface area (Å²) in [7, 11) is 1.55. The zero-order valence-electron chi connectivity index (χ0n) is 16.2. The predicted molar refractivity (Wildman–Crippen MR) is 116 cm³/mol. The lowest BCUT2D eigenvalue weighted by Gasteiger charge is -2.09. The fourth-order valence-electron chi connectivity index (χ4n) is 3.14. The van der Waals surface area contributed by atoms with Crippen molar-refractivity contribution >= 4 is 33.1 Å². The molecule has 4 rings (SSSR count). The van der Waals surface area contributed by atoms with Gasteiger partial charge in [0.25, 0.3) is 11.5 Å². The fraction of sp³-hybridized carbons (Fsp3) is 0.136. The van der Waals surface area contributed by atoms with Gasteiger partial charge in [0, 0.05) is 5.56 Å². The maximum absolute atomic E-state index is 12.9. The van der Waals surface area contributed by atoms with Crippen molar-refractivity contribution in [3.8, 4) is 17.1 Å². The van der Waals surface area contributed by atoms with Crippen LogP contribution in [0.3, 0.4) is 0 Å². The Morgan fingerprint density at radius 3 is 2.55 bits per heavy atom. The van der Waals surface area contributed by atoms with Crippen LogP contribution < -0.4 is 15.6 Å². The Labute approximate surface area is 171 Å². The molecule has 4 aromatic rings. The molecule has 0 aliphatic heterocycles. The van der Waals surface area contributed by atoms with Crippen LogP contribution in [0.4, 0.5) is 5.69 Å². The second-order valence-corrected chi connectivity index (χ2v) is 7.67. The van der Waals surface area contributed by atoms with E-state index in [1.165, 1.54) is 11.3 Å². The molecule has 1 amide bonds. The number of ether oxygens (including phenoxy) is 1. The number of thiophene rings is 1. The van der Waals surface area contributed by atoms with Crippen molar-refractivity contribution in [2.24, 2.45) is 0 Å². The van der Waals surface area contributed by atoms with E-state index < -0.39 is 0 Å². The summed E-state index contributed by atoms with van der Waals surface area (Å²) in [6, 6.07) is 14.9. The van der Waals surface area contributed by atoms with E-state index in [1.54, 1.807) is 26.2 Å². The molecule has 0 unspecified atom stereocenters. The van der Waals surface area contributed by atoms with E-state index in [-0.39, 0.29) is 11.5 Å². The molecule has 0 fully saturated rings. The number of aromatic amines is 1. The van der Waals surface area contributed by atoms with Crippen LogP contribution in [0.2, 0.25) is 0 Å². The van der Waals surface area contributed by atoms with Crippen LogP contribution >= 0.6 is 11.3 Å². The lowest BCUT2D eigenvalue weighted by atomic mass is 10.1. The van der Waals surface area contributed by atoms with Crippen molar-refractivity contribution in [3.05, 3.63) is 74.9 Å². The van der Waals surface area contributed by atoms with Crippen molar-refractivity contribution in [2.45, 2.75) is 13.8 Å². The van der Waals surface area contributed by atoms with Gasteiger partial charge in [0.2, 0.25) is 0 Å². The first kappa shape index (κ1) is 18.9. The third-order valence-corrected chi connectivity index (χ3v) is 5.87. The number of H-pyrrole nitrogens is 1. The molecule has 29 heavy (non-hydrogen) atoms. The molecule has 2 aromatic carbocycles. The van der Waals surface area contributed by atoms with Crippen LogP contribution in [0, 0.1) is 13.8 Å². The summed E-state index contributed by atoms with van der Waals surface area (Å²) in [6.45, 7) is 3.76. The molecule has 2 aromatic heterocycles. The number of hydrogen-bond donors (Lipinski definition) is 2. The minimum atomic E-state index is -0.300. The van der Waals surface area contributed by atoms with Crippen LogP contribution in [-0.4, -0.2) is 23.0 Å². The van der Waals surface area contributed by atoms with Gasteiger partial charge in [0.1, 0.15) is 16.4 Å². The molecule has 0 bridgehead atoms. The molecule has 2 N–H and O–H groups in total. The normalized spacial score (nSPS) is 10.9. The molecule has 7 heteroatoms. The Morgan fingerprint density at radius 1 is 1.10 bits per heavy atom. The number of aromatic nitrogens is 2. The average Bonchev–Trinajstić information content (AvgIpc) is 3.06. The zero-order chi connectivity index (χ0) is 20.5. The Bertz CT molecular complexity index is 1270. The number of nitrogens with zero attached hydrogens (tertiary/aromatic N) is 1. The molecule has 0 aliphatic carbocycles. The monoisotopic (exact) mass is 405 g/mol. The standard InChI is InChI=1S/C22H19N3O3S/c1-12-8-10-14(11-9-12)19-24-20(26)17-13(2)18(29-22(17)25-19)21(27)23-15-6-4-5-7-16(15)28-3/h4-11H,1-3H3,(H,23,27)(H,24,25,26). The summed E-state index contributed by atoms with van der Waals surface area (Å²) in [5.41, 5.74) is 2.87. The lowest BCUT2D eigenvalue weighted by Crippen LogP contribution is -2.13. The van der Waals surface area contributed by atoms with Crippen LogP contribution in [0.1, 0.15) is 20.8 Å². The van der Waals surface area contributed by atoms with Crippen LogP contribution in [0.25, 0.3) is 21.6 Å². The van der Waals surface area contributed by atoms with Crippen LogP contribution in [-0.2, 0) is 0 Å². The number of benzene rings is 2. The SMILES string of the molecule is COc1ccccc1NC(=O)c1sc2nc(-c3ccc(C)cc3)[nH]c(=O)c2c1C. The molecule has 0 aliphatic rings. The summed E-state index contributed by atoms with van der Waals surface area (Å²) < 4.78 is 5.28. The molecule has 6 nitrogen and oxygen atoms in total. The zero-order valence-corrected chi connectivity index (χ0v) is 17.0. The van der Waals surface area contributed by atoms with Crippen LogP contribution in [0.15, 0.2) is 53.3 Å². The lowest BCUT2D eigenvalue weighted by molar-refractivity contribution is 0.102. The maximum Gasteiger partial charge on any atom is 0.266 e. The van der Waals surface area contributed by atoms with E-state index >= 15 is 0 Å². The van der Waals surface area contributed by atoms with E-state index in [9.17, 15) is 9.59 Å². The van der Waals surface area contributed by atoms with Gasteiger partial charge in [-0.3, -0.25) is 9.59 Å². The van der Waals surface area contributed by atoms with Gasteiger partial charge >= 0.3 is 0 Å². The number of hydrogen-bond acceptors (Lipinski definition) is 5. The molecule has 0 radical (unpaired) electrons. The third-order valence-electron chi connectivity index (χ3n) is 4.69. The van der Waals surface area contributed by atoms with Gasteiger partial charge < -0.3 is 15.0 Å². The van der Waals surface area contributed by atoms with Crippen molar-refractivity contribution in [2.75, 3.05) is 12.4 Å². The first-order chi connectivity index (χ1) is 14.0. The van der Waals surface area contributed by atoms with E-state index in [1.807, 2.05) is 43.3 Å². The van der Waals surface area contributed by atoms with Gasteiger partial charge in [-0.05, 0) is 31.5 Å². The van der Waals surface area contributed by atoms with Gasteiger partial charge in [-0.15, -0.1) is 11.3 Å². The molecule has 146 valence electrons. The number of carbonyl (C=O) groups excluding carboxylic acids is 1. The highest BCUT2D eigenvalue weighted by atomic mass is 32.1. The first-order valence-corrected chi connectivity index (χ1v) is 9.84. The number of para-hydroxylation sites is 2. The summed E-state index contributed by atoms with van der Waals surface area (Å²) >= 11 is 1.21. The highest BCUT2D eigenvalue weighted by molar-refractivity contribution is 7.20. The molecule has 0 saturated carbocycles. The summed E-state index contributed by atoms with van der Waals surface area (Å²) in [5.74, 6) is 0.754. The molecular weight excluding hydrogens is 386 g/mol. The van der Waals surface area contributed by atoms with Gasteiger partial charge in [-0.1, -0.05) is 42.0 Å². The first-order valence-electron chi connectivity index (χ1n) is 9.02. The number of amides is 1. The molecule has 2 heterocycles. The van der Waals surface area contributed by atoms with Gasteiger partial charge in [0.15, 0.2) is 0 Å². The smallest absolute Gasteiger partial charge is 0.266 e. The van der Waals surface area contributed by atoms with Crippen molar-refractivity contribution < 1.29 is 9.53 Å².